The lowest BCUT2D eigenvalue weighted by molar-refractivity contribution is -0.164. The number of hydrogen-bond acceptors (Lipinski definition) is 8. The predicted molar refractivity (Wildman–Crippen MR) is 126 cm³/mol. The van der Waals surface area contributed by atoms with Gasteiger partial charge in [0.1, 0.15) is 17.7 Å². The molecule has 0 aromatic carbocycles. The van der Waals surface area contributed by atoms with E-state index in [4.69, 9.17) is 0 Å². The van der Waals surface area contributed by atoms with E-state index in [0.717, 1.165) is 11.6 Å². The molecule has 3 N–H and O–H groups in total. The monoisotopic (exact) mass is 505 g/mol. The number of amides is 2. The number of nitrogens with one attached hydrogen (secondary N) is 2. The summed E-state index contributed by atoms with van der Waals surface area (Å²) in [5.74, 6) is 1.29. The Bertz CT molecular complexity index is 1280. The second-order valence-electron chi connectivity index (χ2n) is 9.31. The fourth-order valence-electron chi connectivity index (χ4n) is 4.28. The molecular formula is C22H26F3N9O2. The molecule has 0 bridgehead atoms. The molecule has 2 fully saturated rings. The molecule has 1 unspecified atom stereocenters. The van der Waals surface area contributed by atoms with E-state index in [9.17, 15) is 23.1 Å². The number of hydrogen-bond donors (Lipinski definition) is 3. The number of fused-ring (bicyclic) bond motifs is 1. The summed E-state index contributed by atoms with van der Waals surface area (Å²) in [6.45, 7) is 4.68. The molecule has 2 saturated heterocycles. The SMILES string of the molecule is CC(n1nc(N2CCNC2=O)c2cnc(Nc3ccnc(N4CCC(C)(O)CC4)n3)cc21)C(F)(F)F. The fourth-order valence-corrected chi connectivity index (χ4v) is 4.28. The molecule has 192 valence electrons. The number of aliphatic hydroxyl groups is 1. The van der Waals surface area contributed by atoms with Gasteiger partial charge in [-0.15, -0.1) is 0 Å². The first-order valence-electron chi connectivity index (χ1n) is 11.6. The molecule has 11 nitrogen and oxygen atoms in total. The van der Waals surface area contributed by atoms with E-state index in [-0.39, 0.29) is 17.2 Å². The predicted octanol–water partition coefficient (Wildman–Crippen LogP) is 2.97. The second-order valence-corrected chi connectivity index (χ2v) is 9.31. The summed E-state index contributed by atoms with van der Waals surface area (Å²) in [5.41, 5.74) is -0.531. The minimum Gasteiger partial charge on any atom is -0.390 e. The van der Waals surface area contributed by atoms with Crippen LogP contribution >= 0.6 is 0 Å². The lowest BCUT2D eigenvalue weighted by Gasteiger charge is -2.35. The van der Waals surface area contributed by atoms with Gasteiger partial charge in [-0.2, -0.15) is 23.3 Å². The van der Waals surface area contributed by atoms with Crippen LogP contribution in [0.15, 0.2) is 24.5 Å². The van der Waals surface area contributed by atoms with Crippen LogP contribution in [-0.2, 0) is 0 Å². The number of urea groups is 1. The summed E-state index contributed by atoms with van der Waals surface area (Å²) in [4.78, 5) is 28.6. The molecule has 3 aromatic heterocycles. The number of piperidine rings is 1. The van der Waals surface area contributed by atoms with Crippen molar-refractivity contribution in [3.05, 3.63) is 24.5 Å². The van der Waals surface area contributed by atoms with Crippen LogP contribution < -0.4 is 20.4 Å². The number of nitrogens with zero attached hydrogens (tertiary/aromatic N) is 7. The molecule has 2 amide bonds. The van der Waals surface area contributed by atoms with Gasteiger partial charge < -0.3 is 20.6 Å². The molecule has 5 rings (SSSR count). The average molecular weight is 506 g/mol. The van der Waals surface area contributed by atoms with Crippen molar-refractivity contribution in [1.82, 2.24) is 30.0 Å². The maximum Gasteiger partial charge on any atom is 0.410 e. The van der Waals surface area contributed by atoms with Crippen molar-refractivity contribution in [1.29, 1.82) is 0 Å². The van der Waals surface area contributed by atoms with E-state index in [1.54, 1.807) is 19.2 Å². The zero-order valence-corrected chi connectivity index (χ0v) is 19.7. The van der Waals surface area contributed by atoms with E-state index in [1.165, 1.54) is 17.2 Å². The quantitative estimate of drug-likeness (QED) is 0.484. The van der Waals surface area contributed by atoms with Crippen molar-refractivity contribution in [3.63, 3.8) is 0 Å². The number of rotatable bonds is 5. The van der Waals surface area contributed by atoms with Gasteiger partial charge in [-0.25, -0.2) is 14.8 Å². The van der Waals surface area contributed by atoms with E-state index in [2.05, 4.69) is 30.7 Å². The van der Waals surface area contributed by atoms with Crippen molar-refractivity contribution in [2.45, 2.75) is 44.5 Å². The molecule has 0 saturated carbocycles. The molecule has 2 aliphatic rings. The van der Waals surface area contributed by atoms with Gasteiger partial charge in [0.05, 0.1) is 16.5 Å². The van der Waals surface area contributed by atoms with Crippen LogP contribution in [0.25, 0.3) is 10.9 Å². The van der Waals surface area contributed by atoms with E-state index < -0.39 is 23.9 Å². The third-order valence-corrected chi connectivity index (χ3v) is 6.55. The molecule has 0 spiro atoms. The highest BCUT2D eigenvalue weighted by Crippen LogP contribution is 2.36. The molecule has 1 atom stereocenters. The highest BCUT2D eigenvalue weighted by atomic mass is 19.4. The maximum absolute atomic E-state index is 13.6. The topological polar surface area (TPSA) is 124 Å². The highest BCUT2D eigenvalue weighted by Gasteiger charge is 2.40. The van der Waals surface area contributed by atoms with Gasteiger partial charge in [0.2, 0.25) is 5.95 Å². The number of aromatic nitrogens is 5. The molecule has 0 radical (unpaired) electrons. The first kappa shape index (κ1) is 24.0. The number of anilines is 4. The second kappa shape index (κ2) is 8.76. The van der Waals surface area contributed by atoms with Gasteiger partial charge >= 0.3 is 12.2 Å². The van der Waals surface area contributed by atoms with E-state index >= 15 is 0 Å². The molecular weight excluding hydrogens is 479 g/mol. The van der Waals surface area contributed by atoms with Gasteiger partial charge in [0, 0.05) is 44.6 Å². The Hall–Kier alpha value is -3.68. The summed E-state index contributed by atoms with van der Waals surface area (Å²) in [6.07, 6.45) is -0.382. The van der Waals surface area contributed by atoms with Gasteiger partial charge in [-0.05, 0) is 32.8 Å². The number of alkyl halides is 3. The van der Waals surface area contributed by atoms with Crippen molar-refractivity contribution < 1.29 is 23.1 Å². The van der Waals surface area contributed by atoms with Crippen molar-refractivity contribution in [2.75, 3.05) is 41.3 Å². The Morgan fingerprint density at radius 1 is 1.19 bits per heavy atom. The fraction of sp³-hybridized carbons (Fsp3) is 0.500. The smallest absolute Gasteiger partial charge is 0.390 e. The van der Waals surface area contributed by atoms with E-state index in [0.29, 0.717) is 56.2 Å². The Morgan fingerprint density at radius 3 is 2.61 bits per heavy atom. The molecule has 3 aromatic rings. The lowest BCUT2D eigenvalue weighted by atomic mass is 9.94. The average Bonchev–Trinajstić information content (AvgIpc) is 3.41. The number of carbonyl (C=O) groups excluding carboxylic acids is 1. The number of halogens is 3. The minimum absolute atomic E-state index is 0.125. The van der Waals surface area contributed by atoms with Gasteiger partial charge in [-0.1, -0.05) is 0 Å². The molecule has 14 heteroatoms. The lowest BCUT2D eigenvalue weighted by Crippen LogP contribution is -2.43. The Kier molecular flexibility index (Phi) is 5.85. The van der Waals surface area contributed by atoms with Crippen LogP contribution in [-0.4, -0.2) is 73.8 Å². The zero-order chi connectivity index (χ0) is 25.7. The van der Waals surface area contributed by atoms with Gasteiger partial charge in [0.25, 0.3) is 0 Å². The van der Waals surface area contributed by atoms with Crippen LogP contribution in [0.2, 0.25) is 0 Å². The first-order chi connectivity index (χ1) is 17.0. The standard InChI is InChI=1S/C22H26F3N9O2/c1-13(22(23,24)25)34-15-11-17(28-12-14(15)18(31-34)33-10-7-27-20(33)35)29-16-3-6-26-19(30-16)32-8-4-21(2,36)5-9-32/h3,6,11-13,36H,4-5,7-10H2,1-2H3,(H,27,35)(H,26,28,29,30). The number of pyridine rings is 1. The normalized spacial score (nSPS) is 19.0. The molecule has 0 aliphatic carbocycles. The third-order valence-electron chi connectivity index (χ3n) is 6.55. The van der Waals surface area contributed by atoms with Crippen LogP contribution in [0.5, 0.6) is 0 Å². The minimum atomic E-state index is -4.54. The summed E-state index contributed by atoms with van der Waals surface area (Å²) in [5, 5.41) is 20.3. The molecule has 2 aliphatic heterocycles. The van der Waals surface area contributed by atoms with Crippen LogP contribution in [0.4, 0.5) is 41.4 Å². The summed E-state index contributed by atoms with van der Waals surface area (Å²) < 4.78 is 41.7. The molecule has 36 heavy (non-hydrogen) atoms. The third kappa shape index (κ3) is 4.59. The van der Waals surface area contributed by atoms with Crippen LogP contribution in [0, 0.1) is 0 Å². The van der Waals surface area contributed by atoms with Gasteiger partial charge in [0.15, 0.2) is 5.82 Å². The van der Waals surface area contributed by atoms with Crippen LogP contribution in [0.3, 0.4) is 0 Å². The largest absolute Gasteiger partial charge is 0.410 e. The first-order valence-corrected chi connectivity index (χ1v) is 11.6. The summed E-state index contributed by atoms with van der Waals surface area (Å²) >= 11 is 0. The highest BCUT2D eigenvalue weighted by molar-refractivity contribution is 6.02. The van der Waals surface area contributed by atoms with Crippen molar-refractivity contribution >= 4 is 40.3 Å². The van der Waals surface area contributed by atoms with Crippen LogP contribution in [0.1, 0.15) is 32.7 Å². The Morgan fingerprint density at radius 2 is 1.94 bits per heavy atom. The maximum atomic E-state index is 13.6. The summed E-state index contributed by atoms with van der Waals surface area (Å²) in [6, 6.07) is 0.750. The zero-order valence-electron chi connectivity index (χ0n) is 19.7. The summed E-state index contributed by atoms with van der Waals surface area (Å²) in [7, 11) is 0. The van der Waals surface area contributed by atoms with Crippen molar-refractivity contribution in [2.24, 2.45) is 0 Å². The number of carbonyl (C=O) groups is 1. The van der Waals surface area contributed by atoms with Gasteiger partial charge in [-0.3, -0.25) is 9.58 Å². The Labute approximate surface area is 204 Å². The molecule has 5 heterocycles. The Balaban J connectivity index is 1.46. The van der Waals surface area contributed by atoms with E-state index in [1.807, 2.05) is 4.90 Å². The van der Waals surface area contributed by atoms with Crippen molar-refractivity contribution in [3.8, 4) is 0 Å².